The molecular formula is C19H19N3O3. The molecule has 25 heavy (non-hydrogen) atoms. The zero-order valence-corrected chi connectivity index (χ0v) is 13.7. The number of anilines is 1. The first-order valence-electron chi connectivity index (χ1n) is 8.53. The largest absolute Gasteiger partial charge is 0.330 e. The van der Waals surface area contributed by atoms with Gasteiger partial charge < -0.3 is 5.73 Å². The molecule has 6 heteroatoms. The Hall–Kier alpha value is -2.73. The summed E-state index contributed by atoms with van der Waals surface area (Å²) in [6.45, 7) is 0.615. The summed E-state index contributed by atoms with van der Waals surface area (Å²) in [6, 6.07) is 8.96. The molecule has 128 valence electrons. The molecule has 0 radical (unpaired) electrons. The molecule has 0 aliphatic carbocycles. The molecule has 1 atom stereocenters. The van der Waals surface area contributed by atoms with Crippen LogP contribution in [0.15, 0.2) is 30.3 Å². The molecule has 6 nitrogen and oxygen atoms in total. The first-order chi connectivity index (χ1) is 12.1. The second-order valence-corrected chi connectivity index (χ2v) is 6.51. The van der Waals surface area contributed by atoms with Gasteiger partial charge in [-0.3, -0.25) is 24.6 Å². The molecule has 3 amide bonds. The number of nitrogens with two attached hydrogens (primary N) is 1. The van der Waals surface area contributed by atoms with Crippen LogP contribution in [0, 0.1) is 0 Å². The number of aryl methyl sites for hydroxylation is 1. The van der Waals surface area contributed by atoms with E-state index in [9.17, 15) is 14.4 Å². The van der Waals surface area contributed by atoms with Crippen LogP contribution < -0.4 is 16.0 Å². The molecule has 1 unspecified atom stereocenters. The van der Waals surface area contributed by atoms with E-state index < -0.39 is 11.9 Å². The number of benzene rings is 2. The maximum atomic E-state index is 13.0. The van der Waals surface area contributed by atoms with Crippen molar-refractivity contribution in [2.75, 3.05) is 11.4 Å². The van der Waals surface area contributed by atoms with Crippen LogP contribution >= 0.6 is 0 Å². The Labute approximate surface area is 145 Å². The molecule has 2 aliphatic rings. The van der Waals surface area contributed by atoms with Gasteiger partial charge in [-0.25, -0.2) is 0 Å². The van der Waals surface area contributed by atoms with Gasteiger partial charge in [0.15, 0.2) is 0 Å². The van der Waals surface area contributed by atoms with E-state index in [1.807, 2.05) is 24.3 Å². The summed E-state index contributed by atoms with van der Waals surface area (Å²) < 4.78 is 0. The van der Waals surface area contributed by atoms with Gasteiger partial charge in [0.25, 0.3) is 5.91 Å². The number of amides is 3. The summed E-state index contributed by atoms with van der Waals surface area (Å²) >= 11 is 0. The molecule has 1 fully saturated rings. The number of rotatable bonds is 4. The molecule has 0 saturated carbocycles. The van der Waals surface area contributed by atoms with E-state index in [0.717, 1.165) is 34.9 Å². The first-order valence-corrected chi connectivity index (χ1v) is 8.53. The van der Waals surface area contributed by atoms with Gasteiger partial charge in [0, 0.05) is 17.4 Å². The van der Waals surface area contributed by atoms with Gasteiger partial charge in [-0.1, -0.05) is 18.2 Å². The van der Waals surface area contributed by atoms with Crippen molar-refractivity contribution in [3.05, 3.63) is 41.5 Å². The molecule has 3 N–H and O–H groups in total. The van der Waals surface area contributed by atoms with E-state index in [2.05, 4.69) is 5.32 Å². The molecule has 2 aromatic rings. The fourth-order valence-electron chi connectivity index (χ4n) is 3.82. The van der Waals surface area contributed by atoms with Gasteiger partial charge >= 0.3 is 0 Å². The van der Waals surface area contributed by atoms with Crippen LogP contribution in [0.1, 0.15) is 35.2 Å². The number of carbonyl (C=O) groups excluding carboxylic acids is 3. The van der Waals surface area contributed by atoms with Crippen molar-refractivity contribution in [1.82, 2.24) is 5.32 Å². The molecule has 4 rings (SSSR count). The van der Waals surface area contributed by atoms with Crippen molar-refractivity contribution >= 4 is 34.2 Å². The molecule has 0 bridgehead atoms. The summed E-state index contributed by atoms with van der Waals surface area (Å²) in [5.41, 5.74) is 8.15. The number of nitrogens with one attached hydrogen (secondary N) is 1. The van der Waals surface area contributed by atoms with Crippen LogP contribution in [0.3, 0.4) is 0 Å². The lowest BCUT2D eigenvalue weighted by Crippen LogP contribution is -2.53. The Balaban J connectivity index is 1.81. The number of hydrogen-bond donors (Lipinski definition) is 2. The average Bonchev–Trinajstić information content (AvgIpc) is 2.89. The lowest BCUT2D eigenvalue weighted by Gasteiger charge is -2.30. The second kappa shape index (κ2) is 5.97. The third-order valence-electron chi connectivity index (χ3n) is 4.99. The fourth-order valence-corrected chi connectivity index (χ4v) is 3.82. The molecular weight excluding hydrogens is 318 g/mol. The molecule has 0 aromatic heterocycles. The number of hydrogen-bond acceptors (Lipinski definition) is 4. The van der Waals surface area contributed by atoms with Gasteiger partial charge in [-0.2, -0.15) is 0 Å². The summed E-state index contributed by atoms with van der Waals surface area (Å²) in [7, 11) is 0. The highest BCUT2D eigenvalue weighted by Gasteiger charge is 2.40. The van der Waals surface area contributed by atoms with Gasteiger partial charge in [0.2, 0.25) is 11.8 Å². The zero-order chi connectivity index (χ0) is 17.6. The molecule has 0 spiro atoms. The van der Waals surface area contributed by atoms with Gasteiger partial charge in [0.05, 0.1) is 5.69 Å². The molecule has 1 saturated heterocycles. The van der Waals surface area contributed by atoms with Crippen molar-refractivity contribution in [3.8, 4) is 0 Å². The monoisotopic (exact) mass is 337 g/mol. The smallest absolute Gasteiger partial charge is 0.259 e. The predicted octanol–water partition coefficient (Wildman–Crippen LogP) is 1.50. The van der Waals surface area contributed by atoms with Crippen LogP contribution in [0.2, 0.25) is 0 Å². The SMILES string of the molecule is NCCCc1ccc2c3c(cccc13)C(=O)N2C1CCC(=O)NC1=O. The Bertz CT molecular complexity index is 906. The highest BCUT2D eigenvalue weighted by molar-refractivity contribution is 6.27. The summed E-state index contributed by atoms with van der Waals surface area (Å²) in [4.78, 5) is 38.2. The highest BCUT2D eigenvalue weighted by atomic mass is 16.2. The quantitative estimate of drug-likeness (QED) is 0.827. The number of piperidine rings is 1. The van der Waals surface area contributed by atoms with E-state index >= 15 is 0 Å². The summed E-state index contributed by atoms with van der Waals surface area (Å²) in [5, 5.41) is 4.27. The summed E-state index contributed by atoms with van der Waals surface area (Å²) in [5.74, 6) is -0.864. The third-order valence-corrected chi connectivity index (χ3v) is 4.99. The van der Waals surface area contributed by atoms with E-state index in [-0.39, 0.29) is 18.2 Å². The van der Waals surface area contributed by atoms with Crippen LogP contribution in [-0.4, -0.2) is 30.3 Å². The van der Waals surface area contributed by atoms with Crippen LogP contribution in [0.25, 0.3) is 10.8 Å². The van der Waals surface area contributed by atoms with Gasteiger partial charge in [-0.05, 0) is 48.9 Å². The minimum absolute atomic E-state index is 0.175. The Morgan fingerprint density at radius 2 is 2.00 bits per heavy atom. The molecule has 2 aliphatic heterocycles. The Kier molecular flexibility index (Phi) is 3.77. The van der Waals surface area contributed by atoms with E-state index in [4.69, 9.17) is 5.73 Å². The number of nitrogens with zero attached hydrogens (tertiary/aromatic N) is 1. The molecule has 2 heterocycles. The van der Waals surface area contributed by atoms with E-state index in [1.54, 1.807) is 11.0 Å². The fraction of sp³-hybridized carbons (Fsp3) is 0.316. The first kappa shape index (κ1) is 15.8. The van der Waals surface area contributed by atoms with Gasteiger partial charge in [-0.15, -0.1) is 0 Å². The lowest BCUT2D eigenvalue weighted by molar-refractivity contribution is -0.134. The predicted molar refractivity (Wildman–Crippen MR) is 94.3 cm³/mol. The maximum absolute atomic E-state index is 13.0. The van der Waals surface area contributed by atoms with E-state index in [1.165, 1.54) is 0 Å². The minimum atomic E-state index is -0.643. The topological polar surface area (TPSA) is 92.5 Å². The Morgan fingerprint density at radius 3 is 2.76 bits per heavy atom. The lowest BCUT2D eigenvalue weighted by atomic mass is 9.97. The van der Waals surface area contributed by atoms with Crippen LogP contribution in [0.5, 0.6) is 0 Å². The summed E-state index contributed by atoms with van der Waals surface area (Å²) in [6.07, 6.45) is 2.32. The van der Waals surface area contributed by atoms with Crippen molar-refractivity contribution in [3.63, 3.8) is 0 Å². The normalized spacial score (nSPS) is 19.6. The third kappa shape index (κ3) is 2.41. The molecule has 2 aromatic carbocycles. The van der Waals surface area contributed by atoms with Gasteiger partial charge in [0.1, 0.15) is 6.04 Å². The van der Waals surface area contributed by atoms with Crippen molar-refractivity contribution in [2.45, 2.75) is 31.7 Å². The average molecular weight is 337 g/mol. The highest BCUT2D eigenvalue weighted by Crippen LogP contribution is 2.41. The standard InChI is InChI=1S/C19H19N3O3/c20-10-2-3-11-6-7-14-17-12(11)4-1-5-13(17)19(25)22(14)15-8-9-16(23)21-18(15)24/h1,4-7,15H,2-3,8-10,20H2,(H,21,23,24). The number of carbonyl (C=O) groups is 3. The minimum Gasteiger partial charge on any atom is -0.330 e. The van der Waals surface area contributed by atoms with Crippen LogP contribution in [0.4, 0.5) is 5.69 Å². The number of imide groups is 1. The van der Waals surface area contributed by atoms with E-state index in [0.29, 0.717) is 18.5 Å². The second-order valence-electron chi connectivity index (χ2n) is 6.51. The van der Waals surface area contributed by atoms with Crippen LogP contribution in [-0.2, 0) is 16.0 Å². The zero-order valence-electron chi connectivity index (χ0n) is 13.7. The van der Waals surface area contributed by atoms with Crippen molar-refractivity contribution < 1.29 is 14.4 Å². The maximum Gasteiger partial charge on any atom is 0.259 e. The van der Waals surface area contributed by atoms with Crippen molar-refractivity contribution in [2.24, 2.45) is 5.73 Å². The van der Waals surface area contributed by atoms with Crippen molar-refractivity contribution in [1.29, 1.82) is 0 Å². The Morgan fingerprint density at radius 1 is 1.16 bits per heavy atom.